The van der Waals surface area contributed by atoms with Gasteiger partial charge in [0.2, 0.25) is 0 Å². The first-order valence-electron chi connectivity index (χ1n) is 8.22. The van der Waals surface area contributed by atoms with Crippen molar-refractivity contribution in [3.8, 4) is 5.75 Å². The van der Waals surface area contributed by atoms with Gasteiger partial charge in [0.1, 0.15) is 17.9 Å². The van der Waals surface area contributed by atoms with Gasteiger partial charge >= 0.3 is 11.6 Å². The fourth-order valence-corrected chi connectivity index (χ4v) is 3.06. The number of carbonyl (C=O) groups excluding carboxylic acids is 1. The Hall–Kier alpha value is -2.83. The zero-order valence-electron chi connectivity index (χ0n) is 13.9. The molecule has 1 aromatic carbocycles. The predicted octanol–water partition coefficient (Wildman–Crippen LogP) is 1.81. The largest absolute Gasteiger partial charge is 0.480 e. The van der Waals surface area contributed by atoms with Crippen molar-refractivity contribution in [3.05, 3.63) is 40.2 Å². The third kappa shape index (κ3) is 3.65. The van der Waals surface area contributed by atoms with Gasteiger partial charge < -0.3 is 19.2 Å². The van der Waals surface area contributed by atoms with Crippen molar-refractivity contribution >= 4 is 22.8 Å². The molecule has 3 rings (SSSR count). The first kappa shape index (κ1) is 17.0. The van der Waals surface area contributed by atoms with Crippen molar-refractivity contribution in [1.82, 2.24) is 4.90 Å². The summed E-state index contributed by atoms with van der Waals surface area (Å²) in [6.07, 6.45) is 1.38. The fourth-order valence-electron chi connectivity index (χ4n) is 3.06. The minimum absolute atomic E-state index is 0.328. The van der Waals surface area contributed by atoms with E-state index < -0.39 is 17.7 Å². The third-order valence-corrected chi connectivity index (χ3v) is 4.17. The van der Waals surface area contributed by atoms with Crippen LogP contribution in [0, 0.1) is 0 Å². The zero-order chi connectivity index (χ0) is 18.0. The fraction of sp³-hybridized carbons (Fsp3) is 0.389. The Morgan fingerprint density at radius 2 is 2.16 bits per heavy atom. The molecular weight excluding hydrogens is 326 g/mol. The summed E-state index contributed by atoms with van der Waals surface area (Å²) in [5.41, 5.74) is 0.920. The first-order chi connectivity index (χ1) is 12.0. The Balaban J connectivity index is 1.82. The molecule has 25 heavy (non-hydrogen) atoms. The molecule has 0 saturated carbocycles. The van der Waals surface area contributed by atoms with E-state index in [0.29, 0.717) is 24.3 Å². The second-order valence-electron chi connectivity index (χ2n) is 6.05. The van der Waals surface area contributed by atoms with Crippen LogP contribution in [0.3, 0.4) is 0 Å². The van der Waals surface area contributed by atoms with E-state index in [1.807, 2.05) is 13.0 Å². The van der Waals surface area contributed by atoms with E-state index in [1.54, 1.807) is 12.1 Å². The number of carboxylic acids is 1. The number of amides is 1. The van der Waals surface area contributed by atoms with Gasteiger partial charge in [0.15, 0.2) is 6.10 Å². The SMILES string of the molecule is CCCc1cc(=O)oc2cc(OC3CCN(CC(=O)O)C3=O)ccc12. The Kier molecular flexibility index (Phi) is 4.74. The van der Waals surface area contributed by atoms with E-state index in [0.717, 1.165) is 23.8 Å². The number of carbonyl (C=O) groups is 2. The topological polar surface area (TPSA) is 97.1 Å². The number of likely N-dealkylation sites (tertiary alicyclic amines) is 1. The van der Waals surface area contributed by atoms with Crippen LogP contribution in [-0.2, 0) is 16.0 Å². The van der Waals surface area contributed by atoms with Gasteiger partial charge in [-0.2, -0.15) is 0 Å². The monoisotopic (exact) mass is 345 g/mol. The zero-order valence-corrected chi connectivity index (χ0v) is 13.9. The Bertz CT molecular complexity index is 871. The molecule has 1 aliphatic rings. The molecule has 1 atom stereocenters. The van der Waals surface area contributed by atoms with Crippen LogP contribution < -0.4 is 10.4 Å². The van der Waals surface area contributed by atoms with Crippen LogP contribution in [0.2, 0.25) is 0 Å². The maximum atomic E-state index is 12.2. The van der Waals surface area contributed by atoms with Crippen molar-refractivity contribution in [3.63, 3.8) is 0 Å². The van der Waals surface area contributed by atoms with E-state index in [1.165, 1.54) is 11.0 Å². The summed E-state index contributed by atoms with van der Waals surface area (Å²) in [5, 5.41) is 9.65. The maximum absolute atomic E-state index is 12.2. The number of fused-ring (bicyclic) bond motifs is 1. The van der Waals surface area contributed by atoms with Gasteiger partial charge in [-0.3, -0.25) is 9.59 Å². The quantitative estimate of drug-likeness (QED) is 0.802. The van der Waals surface area contributed by atoms with Crippen LogP contribution in [0.4, 0.5) is 0 Å². The average Bonchev–Trinajstić information content (AvgIpc) is 2.87. The summed E-state index contributed by atoms with van der Waals surface area (Å²) in [5.74, 6) is -0.978. The lowest BCUT2D eigenvalue weighted by molar-refractivity contribution is -0.144. The van der Waals surface area contributed by atoms with Gasteiger partial charge in [-0.05, 0) is 24.1 Å². The number of hydrogen-bond donors (Lipinski definition) is 1. The lowest BCUT2D eigenvalue weighted by Crippen LogP contribution is -2.35. The van der Waals surface area contributed by atoms with Gasteiger partial charge in [-0.1, -0.05) is 13.3 Å². The number of nitrogens with zero attached hydrogens (tertiary/aromatic N) is 1. The normalized spacial score (nSPS) is 17.2. The van der Waals surface area contributed by atoms with Gasteiger partial charge in [-0.15, -0.1) is 0 Å². The maximum Gasteiger partial charge on any atom is 0.336 e. The van der Waals surface area contributed by atoms with Crippen LogP contribution in [0.25, 0.3) is 11.0 Å². The molecule has 132 valence electrons. The predicted molar refractivity (Wildman–Crippen MR) is 89.7 cm³/mol. The Labute approximate surface area is 143 Å². The van der Waals surface area contributed by atoms with Crippen LogP contribution in [0.15, 0.2) is 33.5 Å². The minimum Gasteiger partial charge on any atom is -0.480 e. The van der Waals surface area contributed by atoms with Crippen LogP contribution >= 0.6 is 0 Å². The molecule has 1 aromatic heterocycles. The summed E-state index contributed by atoms with van der Waals surface area (Å²) in [6, 6.07) is 6.64. The van der Waals surface area contributed by atoms with Crippen LogP contribution in [0.5, 0.6) is 5.75 Å². The van der Waals surface area contributed by atoms with Crippen molar-refractivity contribution in [1.29, 1.82) is 0 Å². The van der Waals surface area contributed by atoms with E-state index in [4.69, 9.17) is 14.3 Å². The van der Waals surface area contributed by atoms with Crippen molar-refractivity contribution in [2.24, 2.45) is 0 Å². The number of rotatable bonds is 6. The summed E-state index contributed by atoms with van der Waals surface area (Å²) in [6.45, 7) is 2.05. The molecule has 1 saturated heterocycles. The molecule has 7 nitrogen and oxygen atoms in total. The highest BCUT2D eigenvalue weighted by Crippen LogP contribution is 2.26. The van der Waals surface area contributed by atoms with Gasteiger partial charge in [-0.25, -0.2) is 4.79 Å². The molecule has 1 fully saturated rings. The van der Waals surface area contributed by atoms with Crippen molar-refractivity contribution in [2.45, 2.75) is 32.3 Å². The number of hydrogen-bond acceptors (Lipinski definition) is 5. The molecule has 1 N–H and O–H groups in total. The number of aryl methyl sites for hydroxylation is 1. The Morgan fingerprint density at radius 1 is 1.36 bits per heavy atom. The Morgan fingerprint density at radius 3 is 2.88 bits per heavy atom. The smallest absolute Gasteiger partial charge is 0.336 e. The first-order valence-corrected chi connectivity index (χ1v) is 8.22. The minimum atomic E-state index is -1.05. The van der Waals surface area contributed by atoms with Gasteiger partial charge in [0.25, 0.3) is 5.91 Å². The molecule has 1 unspecified atom stereocenters. The highest BCUT2D eigenvalue weighted by atomic mass is 16.5. The highest BCUT2D eigenvalue weighted by Gasteiger charge is 2.34. The molecule has 1 aliphatic heterocycles. The molecule has 1 amide bonds. The molecular formula is C18H19NO6. The van der Waals surface area contributed by atoms with Crippen LogP contribution in [-0.4, -0.2) is 41.1 Å². The average molecular weight is 345 g/mol. The third-order valence-electron chi connectivity index (χ3n) is 4.17. The molecule has 7 heteroatoms. The summed E-state index contributed by atoms with van der Waals surface area (Å²) in [4.78, 5) is 35.9. The lowest BCUT2D eigenvalue weighted by Gasteiger charge is -2.15. The number of carboxylic acid groups (broad SMARTS) is 1. The number of benzene rings is 1. The van der Waals surface area contributed by atoms with Crippen LogP contribution in [0.1, 0.15) is 25.3 Å². The standard InChI is InChI=1S/C18H19NO6/c1-2-3-11-8-17(22)25-15-9-12(4-5-13(11)15)24-14-6-7-19(18(14)23)10-16(20)21/h4-5,8-9,14H,2-3,6-7,10H2,1H3,(H,20,21). The number of aliphatic carboxylic acids is 1. The van der Waals surface area contributed by atoms with Crippen molar-refractivity contribution in [2.75, 3.05) is 13.1 Å². The molecule has 0 spiro atoms. The summed E-state index contributed by atoms with van der Waals surface area (Å²) < 4.78 is 10.9. The van der Waals surface area contributed by atoms with Crippen molar-refractivity contribution < 1.29 is 23.8 Å². The summed E-state index contributed by atoms with van der Waals surface area (Å²) in [7, 11) is 0. The van der Waals surface area contributed by atoms with E-state index in [2.05, 4.69) is 0 Å². The molecule has 0 radical (unpaired) electrons. The van der Waals surface area contributed by atoms with E-state index in [-0.39, 0.29) is 12.5 Å². The van der Waals surface area contributed by atoms with Gasteiger partial charge in [0.05, 0.1) is 0 Å². The molecule has 2 heterocycles. The van der Waals surface area contributed by atoms with E-state index >= 15 is 0 Å². The van der Waals surface area contributed by atoms with E-state index in [9.17, 15) is 14.4 Å². The summed E-state index contributed by atoms with van der Waals surface area (Å²) >= 11 is 0. The molecule has 0 bridgehead atoms. The molecule has 2 aromatic rings. The lowest BCUT2D eigenvalue weighted by atomic mass is 10.1. The second kappa shape index (κ2) is 6.96. The highest BCUT2D eigenvalue weighted by molar-refractivity contribution is 5.87. The number of ether oxygens (including phenoxy) is 1. The van der Waals surface area contributed by atoms with Gasteiger partial charge in [0, 0.05) is 30.5 Å². The second-order valence-corrected chi connectivity index (χ2v) is 6.05. The molecule has 0 aliphatic carbocycles.